The van der Waals surface area contributed by atoms with Gasteiger partial charge in [0.25, 0.3) is 0 Å². The van der Waals surface area contributed by atoms with E-state index in [9.17, 15) is 5.11 Å². The van der Waals surface area contributed by atoms with Crippen LogP contribution in [0.2, 0.25) is 5.02 Å². The Labute approximate surface area is 178 Å². The fourth-order valence-corrected chi connectivity index (χ4v) is 4.75. The number of aliphatic hydroxyl groups excluding tert-OH is 1. The second-order valence-corrected chi connectivity index (χ2v) is 8.78. The number of nitrogens with zero attached hydrogens (tertiary/aromatic N) is 1. The maximum Gasteiger partial charge on any atom is 0.126 e. The standard InChI is InChI=1S/C24H31ClN2O2/c25-19-8-4-9-21(16-19)29-23-11-5-10-22(24(23)28)26-20-12-14-27(15-13-20)17-18-6-2-1-3-7-18/h1-4,6-9,16,20,22-24,26,28H,5,10-15,17H2/t22-,23+,24+/m0/s1. The molecule has 29 heavy (non-hydrogen) atoms. The van der Waals surface area contributed by atoms with Crippen molar-refractivity contribution in [2.75, 3.05) is 13.1 Å². The molecule has 2 fully saturated rings. The first-order valence-corrected chi connectivity index (χ1v) is 11.2. The van der Waals surface area contributed by atoms with Gasteiger partial charge in [-0.15, -0.1) is 0 Å². The second kappa shape index (κ2) is 9.94. The summed E-state index contributed by atoms with van der Waals surface area (Å²) < 4.78 is 6.07. The highest BCUT2D eigenvalue weighted by Crippen LogP contribution is 2.27. The Morgan fingerprint density at radius 2 is 1.79 bits per heavy atom. The summed E-state index contributed by atoms with van der Waals surface area (Å²) in [7, 11) is 0. The van der Waals surface area contributed by atoms with Crippen molar-refractivity contribution < 1.29 is 9.84 Å². The number of benzene rings is 2. The maximum absolute atomic E-state index is 10.9. The third kappa shape index (κ3) is 5.73. The van der Waals surface area contributed by atoms with Crippen LogP contribution in [0.25, 0.3) is 0 Å². The SMILES string of the molecule is O[C@@H]1[C@@H](NC2CCN(Cc3ccccc3)CC2)CCC[C@H]1Oc1cccc(Cl)c1. The molecule has 0 unspecified atom stereocenters. The summed E-state index contributed by atoms with van der Waals surface area (Å²) in [5, 5.41) is 15.3. The van der Waals surface area contributed by atoms with Gasteiger partial charge in [-0.3, -0.25) is 4.90 Å². The minimum atomic E-state index is -0.495. The van der Waals surface area contributed by atoms with Gasteiger partial charge in [-0.1, -0.05) is 48.0 Å². The van der Waals surface area contributed by atoms with E-state index in [2.05, 4.69) is 40.5 Å². The van der Waals surface area contributed by atoms with Crippen LogP contribution in [0.3, 0.4) is 0 Å². The fraction of sp³-hybridized carbons (Fsp3) is 0.500. The number of hydrogen-bond donors (Lipinski definition) is 2. The Hall–Kier alpha value is -1.59. The summed E-state index contributed by atoms with van der Waals surface area (Å²) in [6.45, 7) is 3.21. The number of likely N-dealkylation sites (tertiary alicyclic amines) is 1. The molecule has 1 aliphatic heterocycles. The van der Waals surface area contributed by atoms with Crippen molar-refractivity contribution in [1.29, 1.82) is 0 Å². The van der Waals surface area contributed by atoms with E-state index in [4.69, 9.17) is 16.3 Å². The van der Waals surface area contributed by atoms with Crippen LogP contribution in [0, 0.1) is 0 Å². The van der Waals surface area contributed by atoms with Crippen molar-refractivity contribution in [3.8, 4) is 5.75 Å². The fourth-order valence-electron chi connectivity index (χ4n) is 4.57. The molecule has 2 N–H and O–H groups in total. The van der Waals surface area contributed by atoms with E-state index in [1.807, 2.05) is 24.3 Å². The van der Waals surface area contributed by atoms with Gasteiger partial charge in [-0.25, -0.2) is 0 Å². The molecule has 0 spiro atoms. The van der Waals surface area contributed by atoms with Crippen molar-refractivity contribution in [2.24, 2.45) is 0 Å². The summed E-state index contributed by atoms with van der Waals surface area (Å²) >= 11 is 6.06. The zero-order valence-electron chi connectivity index (χ0n) is 16.8. The van der Waals surface area contributed by atoms with Crippen molar-refractivity contribution in [3.05, 3.63) is 65.2 Å². The summed E-state index contributed by atoms with van der Waals surface area (Å²) in [4.78, 5) is 2.52. The van der Waals surface area contributed by atoms with Crippen molar-refractivity contribution in [2.45, 2.75) is 62.9 Å². The van der Waals surface area contributed by atoms with Gasteiger partial charge in [0.15, 0.2) is 0 Å². The van der Waals surface area contributed by atoms with E-state index in [-0.39, 0.29) is 12.1 Å². The van der Waals surface area contributed by atoms with Crippen LogP contribution in [0.15, 0.2) is 54.6 Å². The highest BCUT2D eigenvalue weighted by Gasteiger charge is 2.35. The molecular formula is C24H31ClN2O2. The first-order chi connectivity index (χ1) is 14.2. The van der Waals surface area contributed by atoms with Crippen LogP contribution >= 0.6 is 11.6 Å². The Morgan fingerprint density at radius 3 is 2.55 bits per heavy atom. The molecule has 2 aliphatic rings. The van der Waals surface area contributed by atoms with Crippen LogP contribution in [0.4, 0.5) is 0 Å². The molecule has 1 saturated carbocycles. The minimum absolute atomic E-state index is 0.0959. The number of nitrogens with one attached hydrogen (secondary N) is 1. The smallest absolute Gasteiger partial charge is 0.126 e. The lowest BCUT2D eigenvalue weighted by Crippen LogP contribution is -2.55. The van der Waals surface area contributed by atoms with Crippen LogP contribution in [0.1, 0.15) is 37.7 Å². The number of aliphatic hydroxyl groups is 1. The van der Waals surface area contributed by atoms with Crippen LogP contribution < -0.4 is 10.1 Å². The van der Waals surface area contributed by atoms with Gasteiger partial charge in [0.05, 0.1) is 0 Å². The number of piperidine rings is 1. The van der Waals surface area contributed by atoms with Crippen molar-refractivity contribution in [1.82, 2.24) is 10.2 Å². The van der Waals surface area contributed by atoms with Crippen molar-refractivity contribution in [3.63, 3.8) is 0 Å². The molecule has 1 aliphatic carbocycles. The predicted molar refractivity (Wildman–Crippen MR) is 117 cm³/mol. The zero-order valence-corrected chi connectivity index (χ0v) is 17.6. The number of hydrogen-bond acceptors (Lipinski definition) is 4. The lowest BCUT2D eigenvalue weighted by molar-refractivity contribution is -0.0201. The summed E-state index contributed by atoms with van der Waals surface area (Å²) in [5.74, 6) is 0.733. The highest BCUT2D eigenvalue weighted by molar-refractivity contribution is 6.30. The van der Waals surface area contributed by atoms with E-state index in [0.29, 0.717) is 11.1 Å². The van der Waals surface area contributed by atoms with Crippen LogP contribution in [-0.2, 0) is 6.54 Å². The van der Waals surface area contributed by atoms with E-state index < -0.39 is 6.10 Å². The molecule has 0 radical (unpaired) electrons. The molecular weight excluding hydrogens is 384 g/mol. The topological polar surface area (TPSA) is 44.7 Å². The molecule has 4 nitrogen and oxygen atoms in total. The Kier molecular flexibility index (Phi) is 7.09. The van der Waals surface area contributed by atoms with Gasteiger partial charge in [-0.05, 0) is 69.0 Å². The first-order valence-electron chi connectivity index (χ1n) is 10.8. The van der Waals surface area contributed by atoms with Gasteiger partial charge in [0.2, 0.25) is 0 Å². The van der Waals surface area contributed by atoms with Gasteiger partial charge in [0.1, 0.15) is 18.0 Å². The van der Waals surface area contributed by atoms with E-state index in [0.717, 1.165) is 57.5 Å². The van der Waals surface area contributed by atoms with E-state index >= 15 is 0 Å². The van der Waals surface area contributed by atoms with Gasteiger partial charge in [-0.2, -0.15) is 0 Å². The number of halogens is 1. The zero-order chi connectivity index (χ0) is 20.1. The Bertz CT molecular complexity index is 764. The monoisotopic (exact) mass is 414 g/mol. The number of ether oxygens (including phenoxy) is 1. The van der Waals surface area contributed by atoms with Gasteiger partial charge < -0.3 is 15.2 Å². The van der Waals surface area contributed by atoms with E-state index in [1.54, 1.807) is 0 Å². The molecule has 4 rings (SSSR count). The summed E-state index contributed by atoms with van der Waals surface area (Å²) in [5.41, 5.74) is 1.38. The molecule has 0 bridgehead atoms. The van der Waals surface area contributed by atoms with Crippen LogP contribution in [-0.4, -0.2) is 47.4 Å². The lowest BCUT2D eigenvalue weighted by Gasteiger charge is -2.39. The molecule has 2 aromatic carbocycles. The van der Waals surface area contributed by atoms with Gasteiger partial charge >= 0.3 is 0 Å². The molecule has 3 atom stereocenters. The lowest BCUT2D eigenvalue weighted by atomic mass is 9.88. The van der Waals surface area contributed by atoms with Crippen molar-refractivity contribution >= 4 is 11.6 Å². The Balaban J connectivity index is 1.26. The summed E-state index contributed by atoms with van der Waals surface area (Å²) in [6, 6.07) is 18.7. The quantitative estimate of drug-likeness (QED) is 0.741. The highest BCUT2D eigenvalue weighted by atomic mass is 35.5. The maximum atomic E-state index is 10.9. The van der Waals surface area contributed by atoms with Crippen LogP contribution in [0.5, 0.6) is 5.75 Å². The normalized spacial score (nSPS) is 26.3. The average Bonchev–Trinajstić information content (AvgIpc) is 2.73. The largest absolute Gasteiger partial charge is 0.488 e. The third-order valence-electron chi connectivity index (χ3n) is 6.17. The molecule has 1 saturated heterocycles. The number of rotatable bonds is 6. The third-order valence-corrected chi connectivity index (χ3v) is 6.40. The minimum Gasteiger partial charge on any atom is -0.488 e. The predicted octanol–water partition coefficient (Wildman–Crippen LogP) is 4.26. The molecule has 0 amide bonds. The molecule has 0 aromatic heterocycles. The Morgan fingerprint density at radius 1 is 1.00 bits per heavy atom. The molecule has 1 heterocycles. The average molecular weight is 415 g/mol. The summed E-state index contributed by atoms with van der Waals surface area (Å²) in [6.07, 6.45) is 4.50. The molecule has 2 aromatic rings. The molecule has 5 heteroatoms. The first kappa shape index (κ1) is 20.7. The van der Waals surface area contributed by atoms with Gasteiger partial charge in [0, 0.05) is 23.7 Å². The second-order valence-electron chi connectivity index (χ2n) is 8.34. The van der Waals surface area contributed by atoms with E-state index in [1.165, 1.54) is 5.56 Å². The molecule has 156 valence electrons.